The largest absolute Gasteiger partial charge is 0.310 e. The highest BCUT2D eigenvalue weighted by atomic mass is 28.3. The molecule has 0 bridgehead atoms. The van der Waals surface area contributed by atoms with Crippen LogP contribution in [0.5, 0.6) is 0 Å². The number of benzene rings is 8. The van der Waals surface area contributed by atoms with E-state index in [1.165, 1.54) is 54.2 Å². The number of hydrogen-bond donors (Lipinski definition) is 0. The minimum Gasteiger partial charge on any atom is -0.310 e. The second-order valence-corrected chi connectivity index (χ2v) is 22.0. The summed E-state index contributed by atoms with van der Waals surface area (Å²) in [5.74, 6) is 0.535. The third kappa shape index (κ3) is 6.69. The molecule has 0 amide bonds. The normalized spacial score (nSPS) is 11.8. The lowest BCUT2D eigenvalue weighted by atomic mass is 9.83. The molecule has 0 saturated carbocycles. The van der Waals surface area contributed by atoms with Crippen LogP contribution in [0.25, 0.3) is 37.2 Å². The molecule has 8 aromatic carbocycles. The van der Waals surface area contributed by atoms with Crippen molar-refractivity contribution in [1.82, 2.24) is 0 Å². The second kappa shape index (κ2) is 14.6. The highest BCUT2D eigenvalue weighted by Crippen LogP contribution is 2.51. The fraction of sp³-hybridized carbons (Fsp3) is 0.192. The minimum atomic E-state index is -1.54. The zero-order chi connectivity index (χ0) is 40.2. The molecule has 0 aliphatic carbocycles. The summed E-state index contributed by atoms with van der Waals surface area (Å²) in [6, 6.07) is 50.3. The van der Waals surface area contributed by atoms with Crippen molar-refractivity contribution in [2.75, 3.05) is 9.80 Å². The van der Waals surface area contributed by atoms with E-state index in [4.69, 9.17) is 6.57 Å². The van der Waals surface area contributed by atoms with Crippen molar-refractivity contribution in [2.45, 2.75) is 66.1 Å². The Hall–Kier alpha value is -6.40. The smallest absolute Gasteiger partial charge is 0.187 e. The summed E-state index contributed by atoms with van der Waals surface area (Å²) in [7, 11) is -1.54. The van der Waals surface area contributed by atoms with Crippen molar-refractivity contribution in [3.63, 3.8) is 0 Å². The first-order valence-corrected chi connectivity index (χ1v) is 23.4. The molecule has 8 rings (SSSR count). The van der Waals surface area contributed by atoms with E-state index in [0.717, 1.165) is 34.1 Å². The Kier molecular flexibility index (Phi) is 9.60. The third-order valence-electron chi connectivity index (χ3n) is 11.4. The molecule has 8 aromatic rings. The fourth-order valence-electron chi connectivity index (χ4n) is 8.36. The van der Waals surface area contributed by atoms with Crippen LogP contribution in [0.2, 0.25) is 19.6 Å². The highest BCUT2D eigenvalue weighted by Gasteiger charge is 2.26. The van der Waals surface area contributed by atoms with Crippen molar-refractivity contribution in [1.29, 1.82) is 5.26 Å². The molecule has 0 aromatic heterocycles. The van der Waals surface area contributed by atoms with Gasteiger partial charge in [0.05, 0.1) is 37.7 Å². The zero-order valence-corrected chi connectivity index (χ0v) is 35.1. The van der Waals surface area contributed by atoms with Gasteiger partial charge in [-0.05, 0) is 130 Å². The molecule has 0 unspecified atom stereocenters. The topological polar surface area (TPSA) is 34.6 Å². The highest BCUT2D eigenvalue weighted by molar-refractivity contribution is 6.88. The van der Waals surface area contributed by atoms with Gasteiger partial charge in [0.2, 0.25) is 0 Å². The van der Waals surface area contributed by atoms with Gasteiger partial charge < -0.3 is 9.80 Å². The van der Waals surface area contributed by atoms with Crippen LogP contribution in [-0.2, 0) is 0 Å². The molecule has 0 aliphatic heterocycles. The first kappa shape index (κ1) is 37.5. The monoisotopic (exact) mass is 756 g/mol. The Morgan fingerprint density at radius 1 is 0.544 bits per heavy atom. The molecule has 0 saturated heterocycles. The first-order valence-electron chi connectivity index (χ1n) is 19.9. The van der Waals surface area contributed by atoms with Crippen molar-refractivity contribution in [3.05, 3.63) is 167 Å². The third-order valence-corrected chi connectivity index (χ3v) is 13.5. The lowest BCUT2D eigenvalue weighted by molar-refractivity contribution is 0.874. The van der Waals surface area contributed by atoms with Crippen LogP contribution in [0.1, 0.15) is 61.8 Å². The van der Waals surface area contributed by atoms with Gasteiger partial charge in [0.15, 0.2) is 5.69 Å². The van der Waals surface area contributed by atoms with Gasteiger partial charge in [-0.2, -0.15) is 5.26 Å². The van der Waals surface area contributed by atoms with Crippen molar-refractivity contribution in [3.8, 4) is 6.07 Å². The van der Waals surface area contributed by atoms with Crippen LogP contribution < -0.4 is 15.0 Å². The van der Waals surface area contributed by atoms with Crippen LogP contribution in [0.3, 0.4) is 0 Å². The van der Waals surface area contributed by atoms with E-state index in [1.54, 1.807) is 0 Å². The van der Waals surface area contributed by atoms with Gasteiger partial charge in [-0.15, -0.1) is 0 Å². The van der Waals surface area contributed by atoms with E-state index in [-0.39, 0.29) is 11.8 Å². The summed E-state index contributed by atoms with van der Waals surface area (Å²) < 4.78 is 0. The average molecular weight is 757 g/mol. The summed E-state index contributed by atoms with van der Waals surface area (Å²) in [6.45, 7) is 26.1. The summed E-state index contributed by atoms with van der Waals surface area (Å²) >= 11 is 0. The number of anilines is 6. The van der Waals surface area contributed by atoms with Crippen molar-refractivity contribution in [2.24, 2.45) is 0 Å². The Labute approximate surface area is 338 Å². The number of nitriles is 1. The van der Waals surface area contributed by atoms with Gasteiger partial charge in [-0.1, -0.05) is 113 Å². The van der Waals surface area contributed by atoms with Crippen LogP contribution in [0, 0.1) is 24.8 Å². The molecule has 0 N–H and O–H groups in total. The van der Waals surface area contributed by atoms with Crippen molar-refractivity contribution >= 4 is 85.4 Å². The molecule has 0 aliphatic rings. The standard InChI is InChI=1S/C52H48N4Si/c1-33(2)46-30-48-50(56(39-18-12-36(32-53)13-19-39)41-22-24-42(25-23-41)57(7,8)9)31-47(34(3)4)43-26-27-45-49(29-28-44(46)51(45)52(43)48)55(38-16-10-35(5)11-17-38)40-20-14-37(54-6)15-21-40/h10-31,33-34H,1-5,7-9H3. The Bertz CT molecular complexity index is 2830. The maximum Gasteiger partial charge on any atom is 0.187 e. The molecule has 0 atom stereocenters. The van der Waals surface area contributed by atoms with E-state index in [0.29, 0.717) is 11.3 Å². The van der Waals surface area contributed by atoms with Crippen LogP contribution in [-0.4, -0.2) is 8.07 Å². The molecule has 0 radical (unpaired) electrons. The fourth-order valence-corrected chi connectivity index (χ4v) is 9.52. The van der Waals surface area contributed by atoms with E-state index in [2.05, 4.69) is 184 Å². The lowest BCUT2D eigenvalue weighted by Gasteiger charge is -2.31. The molecular formula is C52H48N4Si. The Balaban J connectivity index is 1.49. The quantitative estimate of drug-likeness (QED) is 0.0836. The molecular weight excluding hydrogens is 709 g/mol. The maximum atomic E-state index is 9.75. The lowest BCUT2D eigenvalue weighted by Crippen LogP contribution is -2.37. The van der Waals surface area contributed by atoms with Crippen LogP contribution >= 0.6 is 0 Å². The molecule has 5 heteroatoms. The Morgan fingerprint density at radius 3 is 1.53 bits per heavy atom. The summed E-state index contributed by atoms with van der Waals surface area (Å²) in [5.41, 5.74) is 11.5. The van der Waals surface area contributed by atoms with Gasteiger partial charge in [-0.25, -0.2) is 4.85 Å². The molecule has 0 heterocycles. The summed E-state index contributed by atoms with van der Waals surface area (Å²) in [5, 5.41) is 18.6. The maximum absolute atomic E-state index is 9.75. The number of aryl methyl sites for hydroxylation is 1. The molecule has 0 fully saturated rings. The van der Waals surface area contributed by atoms with E-state index in [9.17, 15) is 5.26 Å². The first-order chi connectivity index (χ1) is 27.4. The van der Waals surface area contributed by atoms with Gasteiger partial charge in [-0.3, -0.25) is 0 Å². The van der Waals surface area contributed by atoms with E-state index < -0.39 is 8.07 Å². The summed E-state index contributed by atoms with van der Waals surface area (Å²) in [6.07, 6.45) is 0. The molecule has 57 heavy (non-hydrogen) atoms. The predicted octanol–water partition coefficient (Wildman–Crippen LogP) is 15.0. The van der Waals surface area contributed by atoms with Crippen LogP contribution in [0.15, 0.2) is 133 Å². The minimum absolute atomic E-state index is 0.263. The van der Waals surface area contributed by atoms with E-state index >= 15 is 0 Å². The number of hydrogen-bond acceptors (Lipinski definition) is 3. The number of nitrogens with zero attached hydrogens (tertiary/aromatic N) is 4. The van der Waals surface area contributed by atoms with Gasteiger partial charge in [0.25, 0.3) is 0 Å². The molecule has 4 nitrogen and oxygen atoms in total. The SMILES string of the molecule is [C-]#[N+]c1ccc(N(c2ccc(C)cc2)c2ccc3c(C(C)C)cc4c(N(c5ccc(C#N)cc5)c5ccc([Si](C)(C)C)cc5)cc(C(C)C)c5ccc2c3c54)cc1. The average Bonchev–Trinajstić information content (AvgIpc) is 3.21. The summed E-state index contributed by atoms with van der Waals surface area (Å²) in [4.78, 5) is 8.42. The Morgan fingerprint density at radius 2 is 1.00 bits per heavy atom. The second-order valence-electron chi connectivity index (χ2n) is 16.9. The van der Waals surface area contributed by atoms with Gasteiger partial charge in [0, 0.05) is 33.5 Å². The van der Waals surface area contributed by atoms with E-state index in [1.807, 2.05) is 24.3 Å². The van der Waals surface area contributed by atoms with Gasteiger partial charge in [0.1, 0.15) is 0 Å². The molecule has 0 spiro atoms. The predicted molar refractivity (Wildman–Crippen MR) is 246 cm³/mol. The van der Waals surface area contributed by atoms with Gasteiger partial charge >= 0.3 is 0 Å². The van der Waals surface area contributed by atoms with Crippen LogP contribution in [0.4, 0.5) is 39.8 Å². The molecule has 280 valence electrons. The van der Waals surface area contributed by atoms with Crippen molar-refractivity contribution < 1.29 is 0 Å². The zero-order valence-electron chi connectivity index (χ0n) is 34.1. The number of rotatable bonds is 9.